The van der Waals surface area contributed by atoms with Crippen molar-refractivity contribution in [3.63, 3.8) is 0 Å². The molecule has 0 saturated carbocycles. The van der Waals surface area contributed by atoms with Crippen LogP contribution in [0.1, 0.15) is 50.2 Å². The van der Waals surface area contributed by atoms with Crippen LogP contribution in [0.25, 0.3) is 0 Å². The van der Waals surface area contributed by atoms with Crippen molar-refractivity contribution >= 4 is 17.6 Å². The van der Waals surface area contributed by atoms with Crippen molar-refractivity contribution in [3.05, 3.63) is 41.5 Å². The van der Waals surface area contributed by atoms with Crippen molar-refractivity contribution in [2.45, 2.75) is 46.0 Å². The first-order chi connectivity index (χ1) is 11.0. The first-order valence-corrected chi connectivity index (χ1v) is 8.20. The summed E-state index contributed by atoms with van der Waals surface area (Å²) in [5, 5.41) is 2.89. The molecule has 23 heavy (non-hydrogen) atoms. The number of allylic oxidation sites excluding steroid dienone is 2. The minimum absolute atomic E-state index is 0.113. The molecule has 0 unspecified atom stereocenters. The van der Waals surface area contributed by atoms with Gasteiger partial charge in [0, 0.05) is 5.69 Å². The third-order valence-electron chi connectivity index (χ3n) is 4.14. The highest BCUT2D eigenvalue weighted by atomic mass is 16.5. The zero-order valence-electron chi connectivity index (χ0n) is 14.1. The second kappa shape index (κ2) is 7.95. The van der Waals surface area contributed by atoms with Gasteiger partial charge in [-0.15, -0.1) is 0 Å². The summed E-state index contributed by atoms with van der Waals surface area (Å²) in [6.45, 7) is 5.90. The smallest absolute Gasteiger partial charge is 0.309 e. The SMILES string of the molecule is Cc1cccc(C(C)C)c1NC(=O)COC(=O)[C@H]1CC=CCC1. The largest absolute Gasteiger partial charge is 0.455 e. The normalized spacial score (nSPS) is 17.1. The third kappa shape index (κ3) is 4.68. The van der Waals surface area contributed by atoms with Crippen molar-refractivity contribution in [1.82, 2.24) is 0 Å². The van der Waals surface area contributed by atoms with Crippen LogP contribution in [0.15, 0.2) is 30.4 Å². The van der Waals surface area contributed by atoms with E-state index in [2.05, 4.69) is 25.2 Å². The Morgan fingerprint density at radius 1 is 1.30 bits per heavy atom. The lowest BCUT2D eigenvalue weighted by molar-refractivity contribution is -0.151. The topological polar surface area (TPSA) is 55.4 Å². The van der Waals surface area contributed by atoms with Gasteiger partial charge in [0.1, 0.15) is 0 Å². The van der Waals surface area contributed by atoms with Crippen LogP contribution >= 0.6 is 0 Å². The maximum absolute atomic E-state index is 12.1. The molecule has 0 radical (unpaired) electrons. The molecule has 4 heteroatoms. The Morgan fingerprint density at radius 2 is 2.09 bits per heavy atom. The predicted octanol–water partition coefficient (Wildman–Crippen LogP) is 3.96. The highest BCUT2D eigenvalue weighted by Crippen LogP contribution is 2.27. The van der Waals surface area contributed by atoms with Gasteiger partial charge in [-0.25, -0.2) is 0 Å². The van der Waals surface area contributed by atoms with Crippen molar-refractivity contribution < 1.29 is 14.3 Å². The average Bonchev–Trinajstić information content (AvgIpc) is 2.55. The van der Waals surface area contributed by atoms with Crippen LogP contribution in [-0.2, 0) is 14.3 Å². The number of benzene rings is 1. The van der Waals surface area contributed by atoms with E-state index in [-0.39, 0.29) is 24.4 Å². The number of hydrogen-bond acceptors (Lipinski definition) is 3. The summed E-state index contributed by atoms with van der Waals surface area (Å²) in [4.78, 5) is 24.1. The molecule has 1 aliphatic carbocycles. The Hall–Kier alpha value is -2.10. The molecule has 0 aromatic heterocycles. The lowest BCUT2D eigenvalue weighted by atomic mass is 9.95. The van der Waals surface area contributed by atoms with E-state index in [4.69, 9.17) is 4.74 Å². The molecule has 2 rings (SSSR count). The summed E-state index contributed by atoms with van der Waals surface area (Å²) in [5.41, 5.74) is 2.92. The number of carbonyl (C=O) groups excluding carboxylic acids is 2. The number of hydrogen-bond donors (Lipinski definition) is 1. The lowest BCUT2D eigenvalue weighted by Gasteiger charge is -2.18. The van der Waals surface area contributed by atoms with E-state index in [1.807, 2.05) is 31.2 Å². The van der Waals surface area contributed by atoms with Crippen LogP contribution in [0.4, 0.5) is 5.69 Å². The van der Waals surface area contributed by atoms with Crippen LogP contribution in [-0.4, -0.2) is 18.5 Å². The summed E-state index contributed by atoms with van der Waals surface area (Å²) >= 11 is 0. The highest BCUT2D eigenvalue weighted by Gasteiger charge is 2.21. The molecule has 124 valence electrons. The second-order valence-corrected chi connectivity index (χ2v) is 6.33. The van der Waals surface area contributed by atoms with E-state index in [9.17, 15) is 9.59 Å². The standard InChI is InChI=1S/C19H25NO3/c1-13(2)16-11-7-8-14(3)18(16)20-17(21)12-23-19(22)15-9-5-4-6-10-15/h4-5,7-8,11,13,15H,6,9-10,12H2,1-3H3,(H,20,21)/t15-/m0/s1. The molecular weight excluding hydrogens is 290 g/mol. The molecule has 0 saturated heterocycles. The van der Waals surface area contributed by atoms with Gasteiger partial charge < -0.3 is 10.1 Å². The first kappa shape index (κ1) is 17.3. The number of ether oxygens (including phenoxy) is 1. The number of anilines is 1. The van der Waals surface area contributed by atoms with Gasteiger partial charge >= 0.3 is 5.97 Å². The van der Waals surface area contributed by atoms with Crippen LogP contribution in [0.3, 0.4) is 0 Å². The van der Waals surface area contributed by atoms with Crippen molar-refractivity contribution in [1.29, 1.82) is 0 Å². The Balaban J connectivity index is 1.92. The number of nitrogens with one attached hydrogen (secondary N) is 1. The summed E-state index contributed by atoms with van der Waals surface area (Å²) in [6, 6.07) is 5.95. The maximum atomic E-state index is 12.1. The van der Waals surface area contributed by atoms with Gasteiger partial charge in [0.25, 0.3) is 5.91 Å². The van der Waals surface area contributed by atoms with E-state index in [1.54, 1.807) is 0 Å². The van der Waals surface area contributed by atoms with Gasteiger partial charge in [-0.1, -0.05) is 44.2 Å². The zero-order valence-corrected chi connectivity index (χ0v) is 14.1. The van der Waals surface area contributed by atoms with E-state index in [1.165, 1.54) is 0 Å². The molecule has 0 heterocycles. The van der Waals surface area contributed by atoms with Crippen molar-refractivity contribution in [3.8, 4) is 0 Å². The molecule has 0 fully saturated rings. The van der Waals surface area contributed by atoms with Gasteiger partial charge in [0.05, 0.1) is 5.92 Å². The van der Waals surface area contributed by atoms with E-state index >= 15 is 0 Å². The number of rotatable bonds is 5. The Kier molecular flexibility index (Phi) is 5.97. The monoisotopic (exact) mass is 315 g/mol. The number of aryl methyl sites for hydroxylation is 1. The number of carbonyl (C=O) groups is 2. The van der Waals surface area contributed by atoms with Crippen LogP contribution < -0.4 is 5.32 Å². The molecule has 0 bridgehead atoms. The molecule has 4 nitrogen and oxygen atoms in total. The summed E-state index contributed by atoms with van der Waals surface area (Å²) in [5.74, 6) is -0.376. The molecule has 1 N–H and O–H groups in total. The average molecular weight is 315 g/mol. The second-order valence-electron chi connectivity index (χ2n) is 6.33. The van der Waals surface area contributed by atoms with Crippen LogP contribution in [0.5, 0.6) is 0 Å². The number of amides is 1. The highest BCUT2D eigenvalue weighted by molar-refractivity contribution is 5.94. The van der Waals surface area contributed by atoms with Crippen LogP contribution in [0.2, 0.25) is 0 Å². The van der Waals surface area contributed by atoms with Crippen LogP contribution in [0, 0.1) is 12.8 Å². The van der Waals surface area contributed by atoms with Gasteiger partial charge in [0.15, 0.2) is 6.61 Å². The van der Waals surface area contributed by atoms with E-state index < -0.39 is 0 Å². The molecule has 1 atom stereocenters. The molecule has 1 amide bonds. The zero-order chi connectivity index (χ0) is 16.8. The fourth-order valence-electron chi connectivity index (χ4n) is 2.78. The molecule has 1 aromatic rings. The lowest BCUT2D eigenvalue weighted by Crippen LogP contribution is -2.26. The Bertz CT molecular complexity index is 605. The van der Waals surface area contributed by atoms with Gasteiger partial charge in [-0.3, -0.25) is 9.59 Å². The van der Waals surface area contributed by atoms with Gasteiger partial charge in [0.2, 0.25) is 0 Å². The molecule has 1 aromatic carbocycles. The minimum Gasteiger partial charge on any atom is -0.455 e. The first-order valence-electron chi connectivity index (χ1n) is 8.20. The Morgan fingerprint density at radius 3 is 2.74 bits per heavy atom. The molecule has 0 aliphatic heterocycles. The fourth-order valence-corrected chi connectivity index (χ4v) is 2.78. The van der Waals surface area contributed by atoms with Gasteiger partial charge in [-0.05, 0) is 43.2 Å². The Labute approximate surface area is 137 Å². The van der Waals surface area contributed by atoms with E-state index in [0.29, 0.717) is 12.3 Å². The van der Waals surface area contributed by atoms with E-state index in [0.717, 1.165) is 29.7 Å². The van der Waals surface area contributed by atoms with Gasteiger partial charge in [-0.2, -0.15) is 0 Å². The fraction of sp³-hybridized carbons (Fsp3) is 0.474. The van der Waals surface area contributed by atoms with Crippen molar-refractivity contribution in [2.24, 2.45) is 5.92 Å². The molecule has 1 aliphatic rings. The quantitative estimate of drug-likeness (QED) is 0.661. The maximum Gasteiger partial charge on any atom is 0.309 e. The minimum atomic E-state index is -0.291. The number of esters is 1. The van der Waals surface area contributed by atoms with Crippen molar-refractivity contribution in [2.75, 3.05) is 11.9 Å². The number of para-hydroxylation sites is 1. The summed E-state index contributed by atoms with van der Waals surface area (Å²) < 4.78 is 5.17. The summed E-state index contributed by atoms with van der Waals surface area (Å²) in [6.07, 6.45) is 6.47. The summed E-state index contributed by atoms with van der Waals surface area (Å²) in [7, 11) is 0. The molecule has 0 spiro atoms. The molecular formula is C19H25NO3. The predicted molar refractivity (Wildman–Crippen MR) is 91.3 cm³/mol. The third-order valence-corrected chi connectivity index (χ3v) is 4.14.